The molecule has 0 aromatic heterocycles. The van der Waals surface area contributed by atoms with E-state index in [-0.39, 0.29) is 11.8 Å². The lowest BCUT2D eigenvalue weighted by Gasteiger charge is -2.35. The Kier molecular flexibility index (Phi) is 12.6. The summed E-state index contributed by atoms with van der Waals surface area (Å²) in [7, 11) is 0. The van der Waals surface area contributed by atoms with Gasteiger partial charge in [-0.05, 0) is 88.3 Å². The summed E-state index contributed by atoms with van der Waals surface area (Å²) < 4.78 is 5.46. The van der Waals surface area contributed by atoms with Crippen LogP contribution in [0.5, 0.6) is 0 Å². The Morgan fingerprint density at radius 2 is 1.70 bits per heavy atom. The van der Waals surface area contributed by atoms with E-state index in [2.05, 4.69) is 16.6 Å². The molecular formula is C32H43N3O4S. The molecule has 0 bridgehead atoms. The number of nitrogens with zero attached hydrogens (tertiary/aromatic N) is 1. The lowest BCUT2D eigenvalue weighted by molar-refractivity contribution is -0.141. The number of aryl methyl sites for hydroxylation is 2. The van der Waals surface area contributed by atoms with Crippen LogP contribution in [0.1, 0.15) is 75.3 Å². The molecule has 40 heavy (non-hydrogen) atoms. The number of anilines is 1. The molecule has 2 atom stereocenters. The van der Waals surface area contributed by atoms with Crippen LogP contribution in [0.4, 0.5) is 10.5 Å². The maximum atomic E-state index is 14.2. The van der Waals surface area contributed by atoms with Crippen molar-refractivity contribution in [2.75, 3.05) is 23.9 Å². The number of para-hydroxylation sites is 1. The van der Waals surface area contributed by atoms with Crippen molar-refractivity contribution in [3.8, 4) is 12.3 Å². The highest BCUT2D eigenvalue weighted by Crippen LogP contribution is 2.28. The molecular weight excluding hydrogens is 522 g/mol. The van der Waals surface area contributed by atoms with E-state index in [1.807, 2.05) is 45.2 Å². The Bertz CT molecular complexity index is 1180. The van der Waals surface area contributed by atoms with Crippen LogP contribution in [-0.2, 0) is 14.3 Å². The summed E-state index contributed by atoms with van der Waals surface area (Å²) in [6, 6.07) is 11.1. The zero-order chi connectivity index (χ0) is 29.9. The van der Waals surface area contributed by atoms with Gasteiger partial charge in [-0.1, -0.05) is 49.6 Å². The monoisotopic (exact) mass is 565 g/mol. The van der Waals surface area contributed by atoms with E-state index in [9.17, 15) is 14.4 Å². The van der Waals surface area contributed by atoms with Crippen LogP contribution in [0.25, 0.3) is 0 Å². The molecule has 0 heterocycles. The first kappa shape index (κ1) is 32.8. The average molecular weight is 566 g/mol. The average Bonchev–Trinajstić information content (AvgIpc) is 2.89. The number of amides is 3. The largest absolute Gasteiger partial charge is 0.444 e. The van der Waals surface area contributed by atoms with Crippen molar-refractivity contribution in [2.24, 2.45) is 0 Å². The third kappa shape index (κ3) is 9.63. The van der Waals surface area contributed by atoms with E-state index in [4.69, 9.17) is 11.2 Å². The van der Waals surface area contributed by atoms with Gasteiger partial charge in [-0.25, -0.2) is 4.79 Å². The maximum Gasteiger partial charge on any atom is 0.408 e. The first-order valence-electron chi connectivity index (χ1n) is 13.6. The first-order chi connectivity index (χ1) is 18.9. The Balaban J connectivity index is 2.57. The number of nitrogens with one attached hydrogen (secondary N) is 2. The lowest BCUT2D eigenvalue weighted by atomic mass is 9.99. The molecule has 0 saturated carbocycles. The summed E-state index contributed by atoms with van der Waals surface area (Å²) in [6.45, 7) is 11.5. The maximum absolute atomic E-state index is 14.2. The molecule has 2 rings (SSSR count). The summed E-state index contributed by atoms with van der Waals surface area (Å²) in [4.78, 5) is 42.6. The summed E-state index contributed by atoms with van der Waals surface area (Å²) in [5.41, 5.74) is 3.15. The second-order valence-electron chi connectivity index (χ2n) is 10.8. The van der Waals surface area contributed by atoms with E-state index in [0.717, 1.165) is 17.5 Å². The Morgan fingerprint density at radius 1 is 1.07 bits per heavy atom. The van der Waals surface area contributed by atoms with Crippen LogP contribution in [0.3, 0.4) is 0 Å². The lowest BCUT2D eigenvalue weighted by Crippen LogP contribution is -2.52. The van der Waals surface area contributed by atoms with Gasteiger partial charge in [0.25, 0.3) is 5.91 Å². The van der Waals surface area contributed by atoms with E-state index in [0.29, 0.717) is 42.0 Å². The second-order valence-corrected chi connectivity index (χ2v) is 11.8. The van der Waals surface area contributed by atoms with Crippen molar-refractivity contribution >= 4 is 35.4 Å². The highest BCUT2D eigenvalue weighted by molar-refractivity contribution is 7.98. The second kappa shape index (κ2) is 15.4. The molecule has 0 aliphatic heterocycles. The number of terminal acetylenes is 1. The molecule has 2 aromatic rings. The van der Waals surface area contributed by atoms with E-state index in [1.54, 1.807) is 61.7 Å². The molecule has 0 spiro atoms. The number of thioether (sulfide) groups is 1. The number of ether oxygens (including phenoxy) is 1. The minimum atomic E-state index is -0.943. The topological polar surface area (TPSA) is 87.7 Å². The normalized spacial score (nSPS) is 12.6. The van der Waals surface area contributed by atoms with Gasteiger partial charge in [-0.15, -0.1) is 6.42 Å². The fourth-order valence-corrected chi connectivity index (χ4v) is 4.75. The van der Waals surface area contributed by atoms with E-state index >= 15 is 0 Å². The zero-order valence-electron chi connectivity index (χ0n) is 24.8. The van der Waals surface area contributed by atoms with Crippen LogP contribution in [0, 0.1) is 26.2 Å². The highest BCUT2D eigenvalue weighted by Gasteiger charge is 2.36. The number of carbonyl (C=O) groups is 3. The van der Waals surface area contributed by atoms with Crippen molar-refractivity contribution in [3.63, 3.8) is 0 Å². The molecule has 0 aliphatic rings. The van der Waals surface area contributed by atoms with Gasteiger partial charge in [0.2, 0.25) is 5.91 Å². The van der Waals surface area contributed by atoms with E-state index in [1.165, 1.54) is 0 Å². The molecule has 8 heteroatoms. The summed E-state index contributed by atoms with van der Waals surface area (Å²) in [5, 5.41) is 5.85. The smallest absolute Gasteiger partial charge is 0.408 e. The summed E-state index contributed by atoms with van der Waals surface area (Å²) in [5.74, 6) is 2.57. The number of hydrogen-bond acceptors (Lipinski definition) is 5. The summed E-state index contributed by atoms with van der Waals surface area (Å²) in [6.07, 6.45) is 8.74. The van der Waals surface area contributed by atoms with Crippen LogP contribution < -0.4 is 10.6 Å². The predicted molar refractivity (Wildman–Crippen MR) is 164 cm³/mol. The molecule has 0 radical (unpaired) electrons. The summed E-state index contributed by atoms with van der Waals surface area (Å²) >= 11 is 1.58. The van der Waals surface area contributed by atoms with Gasteiger partial charge in [0, 0.05) is 17.8 Å². The molecule has 2 unspecified atom stereocenters. The molecule has 0 fully saturated rings. The van der Waals surface area contributed by atoms with Gasteiger partial charge in [0.15, 0.2) is 0 Å². The van der Waals surface area contributed by atoms with Crippen molar-refractivity contribution in [3.05, 3.63) is 64.7 Å². The number of alkyl carbamates (subject to hydrolysis) is 1. The molecule has 7 nitrogen and oxygen atoms in total. The molecule has 2 N–H and O–H groups in total. The van der Waals surface area contributed by atoms with Gasteiger partial charge in [-0.2, -0.15) is 11.8 Å². The Labute approximate surface area is 243 Å². The van der Waals surface area contributed by atoms with Crippen molar-refractivity contribution < 1.29 is 19.1 Å². The number of benzene rings is 2. The Hall–Kier alpha value is -3.44. The van der Waals surface area contributed by atoms with Crippen molar-refractivity contribution in [1.29, 1.82) is 0 Å². The van der Waals surface area contributed by atoms with Gasteiger partial charge in [0.1, 0.15) is 17.7 Å². The molecule has 216 valence electrons. The molecule has 0 saturated heterocycles. The SMILES string of the molecule is C#Cc1ccc(C(C(=O)Nc2c(C)cccc2C)N(CCCC)C(=O)C(CCSC)NC(=O)OC(C)(C)C)cc1. The molecule has 3 amide bonds. The highest BCUT2D eigenvalue weighted by atomic mass is 32.2. The van der Waals surface area contributed by atoms with Gasteiger partial charge in [0.05, 0.1) is 0 Å². The number of unbranched alkanes of at least 4 members (excludes halogenated alkanes) is 1. The van der Waals surface area contributed by atoms with E-state index < -0.39 is 23.8 Å². The van der Waals surface area contributed by atoms with Crippen molar-refractivity contribution in [1.82, 2.24) is 10.2 Å². The van der Waals surface area contributed by atoms with Gasteiger partial charge < -0.3 is 20.3 Å². The predicted octanol–water partition coefficient (Wildman–Crippen LogP) is 6.24. The fraction of sp³-hybridized carbons (Fsp3) is 0.469. The van der Waals surface area contributed by atoms with Crippen LogP contribution in [0.2, 0.25) is 0 Å². The standard InChI is InChI=1S/C32H43N3O4S/c1-9-11-20-35(30(37)26(19-21-40-8)33-31(38)39-32(5,6)7)28(25-17-15-24(10-2)16-18-25)29(36)34-27-22(3)13-12-14-23(27)4/h2,12-18,26,28H,9,11,19-21H2,1,3-8H3,(H,33,38)(H,34,36). The minimum absolute atomic E-state index is 0.336. The Morgan fingerprint density at radius 3 is 2.23 bits per heavy atom. The van der Waals surface area contributed by atoms with Crippen LogP contribution in [-0.4, -0.2) is 53.0 Å². The number of hydrogen-bond donors (Lipinski definition) is 2. The molecule has 0 aliphatic carbocycles. The van der Waals surface area contributed by atoms with Gasteiger partial charge in [-0.3, -0.25) is 9.59 Å². The first-order valence-corrected chi connectivity index (χ1v) is 15.0. The minimum Gasteiger partial charge on any atom is -0.444 e. The third-order valence-electron chi connectivity index (χ3n) is 6.32. The third-order valence-corrected chi connectivity index (χ3v) is 6.96. The zero-order valence-corrected chi connectivity index (χ0v) is 25.6. The van der Waals surface area contributed by atoms with Crippen LogP contribution in [0.15, 0.2) is 42.5 Å². The number of rotatable bonds is 12. The van der Waals surface area contributed by atoms with Crippen molar-refractivity contribution in [2.45, 2.75) is 78.5 Å². The quantitative estimate of drug-likeness (QED) is 0.298. The fourth-order valence-electron chi connectivity index (χ4n) is 4.28. The van der Waals surface area contributed by atoms with Crippen LogP contribution >= 0.6 is 11.8 Å². The van der Waals surface area contributed by atoms with Gasteiger partial charge >= 0.3 is 6.09 Å². The number of carbonyl (C=O) groups excluding carboxylic acids is 3. The molecule has 2 aromatic carbocycles.